The number of nitrogens with one attached hydrogen (secondary N) is 1. The van der Waals surface area contributed by atoms with Crippen LogP contribution in [-0.4, -0.2) is 30.8 Å². The first-order chi connectivity index (χ1) is 8.12. The van der Waals surface area contributed by atoms with E-state index in [0.717, 1.165) is 13.1 Å². The average Bonchev–Trinajstić information content (AvgIpc) is 2.27. The molecule has 0 aliphatic carbocycles. The Morgan fingerprint density at radius 2 is 1.71 bits per heavy atom. The van der Waals surface area contributed by atoms with Crippen LogP contribution < -0.4 is 5.32 Å². The third-order valence-electron chi connectivity index (χ3n) is 2.58. The van der Waals surface area contributed by atoms with Gasteiger partial charge in [-0.2, -0.15) is 0 Å². The molecule has 0 amide bonds. The van der Waals surface area contributed by atoms with Gasteiger partial charge in [0.25, 0.3) is 0 Å². The average molecular weight is 265 g/mol. The van der Waals surface area contributed by atoms with Gasteiger partial charge in [0.1, 0.15) is 0 Å². The molecule has 0 aromatic rings. The Morgan fingerprint density at radius 1 is 1.06 bits per heavy atom. The van der Waals surface area contributed by atoms with Crippen molar-refractivity contribution >= 4 is 7.60 Å². The molecule has 0 aromatic heterocycles. The van der Waals surface area contributed by atoms with Crippen LogP contribution in [0.25, 0.3) is 0 Å². The smallest absolute Gasteiger partial charge is 0.324 e. The molecule has 0 radical (unpaired) electrons. The molecule has 1 unspecified atom stereocenters. The number of hydrogen-bond acceptors (Lipinski definition) is 3. The lowest BCUT2D eigenvalue weighted by Crippen LogP contribution is -2.17. The van der Waals surface area contributed by atoms with Crippen LogP contribution in [0.4, 0.5) is 0 Å². The summed E-state index contributed by atoms with van der Waals surface area (Å²) in [4.78, 5) is 9.32. The summed E-state index contributed by atoms with van der Waals surface area (Å²) in [5, 5.41) is 3.29. The van der Waals surface area contributed by atoms with E-state index in [-0.39, 0.29) is 6.16 Å². The summed E-state index contributed by atoms with van der Waals surface area (Å²) in [6.07, 6.45) is 7.33. The largest absolute Gasteiger partial charge is 0.328 e. The summed E-state index contributed by atoms with van der Waals surface area (Å²) >= 11 is 0. The molecule has 1 atom stereocenters. The lowest BCUT2D eigenvalue weighted by Gasteiger charge is -2.10. The molecule has 0 aliphatic rings. The number of rotatable bonds is 12. The zero-order valence-electron chi connectivity index (χ0n) is 11.3. The highest BCUT2D eigenvalue weighted by Crippen LogP contribution is 2.41. The molecule has 4 nitrogen and oxygen atoms in total. The Balaban J connectivity index is 3.21. The SMILES string of the molecule is CCCCCCCNCCCP(=O)(O)OCC. The van der Waals surface area contributed by atoms with Crippen LogP contribution in [0.2, 0.25) is 0 Å². The van der Waals surface area contributed by atoms with Crippen molar-refractivity contribution in [2.75, 3.05) is 25.9 Å². The summed E-state index contributed by atoms with van der Waals surface area (Å²) in [6.45, 7) is 6.05. The maximum absolute atomic E-state index is 11.3. The first-order valence-corrected chi connectivity index (χ1v) is 8.55. The van der Waals surface area contributed by atoms with Crippen molar-refractivity contribution in [1.82, 2.24) is 5.32 Å². The molecular weight excluding hydrogens is 237 g/mol. The third kappa shape index (κ3) is 12.4. The van der Waals surface area contributed by atoms with Crippen molar-refractivity contribution in [1.29, 1.82) is 0 Å². The molecule has 0 heterocycles. The van der Waals surface area contributed by atoms with E-state index < -0.39 is 7.60 Å². The van der Waals surface area contributed by atoms with Gasteiger partial charge in [0.2, 0.25) is 0 Å². The van der Waals surface area contributed by atoms with E-state index in [1.54, 1.807) is 6.92 Å². The molecule has 17 heavy (non-hydrogen) atoms. The molecule has 104 valence electrons. The first-order valence-electron chi connectivity index (χ1n) is 6.79. The zero-order valence-corrected chi connectivity index (χ0v) is 12.2. The van der Waals surface area contributed by atoms with Crippen molar-refractivity contribution < 1.29 is 14.0 Å². The fraction of sp³-hybridized carbons (Fsp3) is 1.00. The lowest BCUT2D eigenvalue weighted by atomic mass is 10.1. The van der Waals surface area contributed by atoms with Gasteiger partial charge in [0, 0.05) is 0 Å². The van der Waals surface area contributed by atoms with Crippen molar-refractivity contribution in [3.63, 3.8) is 0 Å². The lowest BCUT2D eigenvalue weighted by molar-refractivity contribution is 0.273. The van der Waals surface area contributed by atoms with Gasteiger partial charge in [-0.15, -0.1) is 0 Å². The highest BCUT2D eigenvalue weighted by atomic mass is 31.2. The van der Waals surface area contributed by atoms with Crippen LogP contribution in [0.1, 0.15) is 52.4 Å². The summed E-state index contributed by atoms with van der Waals surface area (Å²) in [5.74, 6) is 0. The molecule has 0 bridgehead atoms. The summed E-state index contributed by atoms with van der Waals surface area (Å²) < 4.78 is 16.1. The topological polar surface area (TPSA) is 58.6 Å². The van der Waals surface area contributed by atoms with Gasteiger partial charge in [-0.1, -0.05) is 32.6 Å². The quantitative estimate of drug-likeness (QED) is 0.420. The molecule has 5 heteroatoms. The van der Waals surface area contributed by atoms with Crippen LogP contribution >= 0.6 is 7.60 Å². The standard InChI is InChI=1S/C12H28NO3P/c1-3-5-6-7-8-10-13-11-9-12-17(14,15)16-4-2/h13H,3-12H2,1-2H3,(H,14,15). The zero-order chi connectivity index (χ0) is 13.0. The molecule has 0 aliphatic heterocycles. The van der Waals surface area contributed by atoms with Gasteiger partial charge >= 0.3 is 7.60 Å². The van der Waals surface area contributed by atoms with E-state index >= 15 is 0 Å². The van der Waals surface area contributed by atoms with Crippen LogP contribution in [0.15, 0.2) is 0 Å². The van der Waals surface area contributed by atoms with Crippen LogP contribution in [0.5, 0.6) is 0 Å². The van der Waals surface area contributed by atoms with Gasteiger partial charge in [0.15, 0.2) is 0 Å². The van der Waals surface area contributed by atoms with E-state index in [0.29, 0.717) is 13.0 Å². The van der Waals surface area contributed by atoms with E-state index in [9.17, 15) is 9.46 Å². The highest BCUT2D eigenvalue weighted by Gasteiger charge is 2.16. The normalized spacial score (nSPS) is 14.8. The monoisotopic (exact) mass is 265 g/mol. The van der Waals surface area contributed by atoms with E-state index in [2.05, 4.69) is 12.2 Å². The fourth-order valence-corrected chi connectivity index (χ4v) is 2.74. The second-order valence-electron chi connectivity index (χ2n) is 4.30. The van der Waals surface area contributed by atoms with Crippen molar-refractivity contribution in [2.45, 2.75) is 52.4 Å². The maximum Gasteiger partial charge on any atom is 0.328 e. The molecule has 0 spiro atoms. The van der Waals surface area contributed by atoms with Crippen LogP contribution in [-0.2, 0) is 9.09 Å². The number of hydrogen-bond donors (Lipinski definition) is 2. The third-order valence-corrected chi connectivity index (χ3v) is 4.13. The maximum atomic E-state index is 11.3. The molecule has 0 aromatic carbocycles. The number of unbranched alkanes of at least 4 members (excludes halogenated alkanes) is 4. The second kappa shape index (κ2) is 11.2. The van der Waals surface area contributed by atoms with Crippen molar-refractivity contribution in [2.24, 2.45) is 0 Å². The summed E-state index contributed by atoms with van der Waals surface area (Å²) in [7, 11) is -3.30. The van der Waals surface area contributed by atoms with Gasteiger partial charge in [-0.25, -0.2) is 0 Å². The van der Waals surface area contributed by atoms with Gasteiger partial charge in [-0.3, -0.25) is 4.57 Å². The molecule has 2 N–H and O–H groups in total. The van der Waals surface area contributed by atoms with Crippen molar-refractivity contribution in [3.8, 4) is 0 Å². The Labute approximate surface area is 106 Å². The van der Waals surface area contributed by atoms with E-state index in [1.807, 2.05) is 0 Å². The van der Waals surface area contributed by atoms with Gasteiger partial charge < -0.3 is 14.7 Å². The van der Waals surface area contributed by atoms with E-state index in [1.165, 1.54) is 32.1 Å². The summed E-state index contributed by atoms with van der Waals surface area (Å²) in [6, 6.07) is 0. The van der Waals surface area contributed by atoms with Crippen molar-refractivity contribution in [3.05, 3.63) is 0 Å². The van der Waals surface area contributed by atoms with Crippen LogP contribution in [0, 0.1) is 0 Å². The minimum Gasteiger partial charge on any atom is -0.324 e. The predicted octanol–water partition coefficient (Wildman–Crippen LogP) is 3.16. The van der Waals surface area contributed by atoms with E-state index in [4.69, 9.17) is 4.52 Å². The minimum atomic E-state index is -3.30. The Hall–Kier alpha value is 0.110. The highest BCUT2D eigenvalue weighted by molar-refractivity contribution is 7.52. The Bertz CT molecular complexity index is 212. The second-order valence-corrected chi connectivity index (χ2v) is 6.28. The predicted molar refractivity (Wildman–Crippen MR) is 72.6 cm³/mol. The Morgan fingerprint density at radius 3 is 2.35 bits per heavy atom. The van der Waals surface area contributed by atoms with Gasteiger partial charge in [0.05, 0.1) is 12.8 Å². The Kier molecular flexibility index (Phi) is 11.3. The van der Waals surface area contributed by atoms with Crippen LogP contribution in [0.3, 0.4) is 0 Å². The first kappa shape index (κ1) is 17.1. The molecule has 0 saturated carbocycles. The molecule has 0 saturated heterocycles. The fourth-order valence-electron chi connectivity index (χ4n) is 1.65. The molecule has 0 rings (SSSR count). The summed E-state index contributed by atoms with van der Waals surface area (Å²) in [5.41, 5.74) is 0. The molecular formula is C12H28NO3P. The minimum absolute atomic E-state index is 0.254. The van der Waals surface area contributed by atoms with Gasteiger partial charge in [-0.05, 0) is 32.9 Å². The molecule has 0 fully saturated rings.